The average molecular weight is 283 g/mol. The quantitative estimate of drug-likeness (QED) is 0.787. The first-order valence-corrected chi connectivity index (χ1v) is 6.20. The molecule has 0 aromatic carbocycles. The van der Waals surface area contributed by atoms with E-state index in [0.717, 1.165) is 6.42 Å². The molecule has 1 aromatic heterocycles. The predicted molar refractivity (Wildman–Crippen MR) is 70.3 cm³/mol. The van der Waals surface area contributed by atoms with Gasteiger partial charge in [-0.25, -0.2) is 14.6 Å². The van der Waals surface area contributed by atoms with Crippen molar-refractivity contribution >= 4 is 17.9 Å². The van der Waals surface area contributed by atoms with Crippen LogP contribution in [0.1, 0.15) is 26.2 Å². The SMILES string of the molecule is CCCC(CCOC(=O)n1c(N)ccnc1=O)C(=O)O. The fraction of sp³-hybridized carbons (Fsp3) is 0.500. The highest BCUT2D eigenvalue weighted by atomic mass is 16.5. The van der Waals surface area contributed by atoms with Gasteiger partial charge in [-0.05, 0) is 18.9 Å². The van der Waals surface area contributed by atoms with Crippen molar-refractivity contribution in [1.29, 1.82) is 0 Å². The summed E-state index contributed by atoms with van der Waals surface area (Å²) in [7, 11) is 0. The molecule has 1 aromatic rings. The lowest BCUT2D eigenvalue weighted by molar-refractivity contribution is -0.142. The van der Waals surface area contributed by atoms with Crippen LogP contribution in [0.15, 0.2) is 17.1 Å². The maximum Gasteiger partial charge on any atom is 0.423 e. The smallest absolute Gasteiger partial charge is 0.423 e. The minimum Gasteiger partial charge on any atom is -0.481 e. The Balaban J connectivity index is 2.60. The van der Waals surface area contributed by atoms with Gasteiger partial charge in [0.1, 0.15) is 5.82 Å². The Kier molecular flexibility index (Phi) is 5.70. The number of hydrogen-bond acceptors (Lipinski definition) is 6. The van der Waals surface area contributed by atoms with E-state index in [9.17, 15) is 14.4 Å². The second kappa shape index (κ2) is 7.27. The van der Waals surface area contributed by atoms with Gasteiger partial charge in [0.05, 0.1) is 12.5 Å². The Hall–Kier alpha value is -2.38. The van der Waals surface area contributed by atoms with Crippen LogP contribution >= 0.6 is 0 Å². The van der Waals surface area contributed by atoms with Crippen LogP contribution in [0.2, 0.25) is 0 Å². The normalized spacial score (nSPS) is 11.8. The number of carbonyl (C=O) groups excluding carboxylic acids is 1. The first kappa shape index (κ1) is 15.7. The van der Waals surface area contributed by atoms with Gasteiger partial charge in [-0.3, -0.25) is 4.79 Å². The number of carboxylic acid groups (broad SMARTS) is 1. The summed E-state index contributed by atoms with van der Waals surface area (Å²) in [5.74, 6) is -1.59. The summed E-state index contributed by atoms with van der Waals surface area (Å²) < 4.78 is 5.45. The van der Waals surface area contributed by atoms with Crippen LogP contribution in [0.5, 0.6) is 0 Å². The van der Waals surface area contributed by atoms with Crippen LogP contribution in [0, 0.1) is 5.92 Å². The van der Waals surface area contributed by atoms with Crippen molar-refractivity contribution in [3.63, 3.8) is 0 Å². The zero-order valence-electron chi connectivity index (χ0n) is 11.1. The van der Waals surface area contributed by atoms with Gasteiger partial charge in [-0.2, -0.15) is 4.57 Å². The van der Waals surface area contributed by atoms with Crippen molar-refractivity contribution in [2.75, 3.05) is 12.3 Å². The summed E-state index contributed by atoms with van der Waals surface area (Å²) >= 11 is 0. The molecule has 8 nitrogen and oxygen atoms in total. The number of carbonyl (C=O) groups is 2. The Bertz CT molecular complexity index is 540. The summed E-state index contributed by atoms with van der Waals surface area (Å²) in [6.07, 6.45) is 1.63. The summed E-state index contributed by atoms with van der Waals surface area (Å²) in [6.45, 7) is 1.77. The highest BCUT2D eigenvalue weighted by molar-refractivity contribution is 5.74. The minimum atomic E-state index is -0.957. The Morgan fingerprint density at radius 3 is 2.75 bits per heavy atom. The lowest BCUT2D eigenvalue weighted by atomic mass is 10.0. The van der Waals surface area contributed by atoms with Crippen LogP contribution in [-0.2, 0) is 9.53 Å². The molecule has 0 saturated heterocycles. The van der Waals surface area contributed by atoms with E-state index in [1.807, 2.05) is 6.92 Å². The number of ether oxygens (including phenoxy) is 1. The molecule has 0 spiro atoms. The third-order valence-corrected chi connectivity index (χ3v) is 2.74. The van der Waals surface area contributed by atoms with Gasteiger partial charge in [0, 0.05) is 6.20 Å². The van der Waals surface area contributed by atoms with Crippen LogP contribution in [0.25, 0.3) is 0 Å². The number of aliphatic carboxylic acids is 1. The highest BCUT2D eigenvalue weighted by Crippen LogP contribution is 2.11. The van der Waals surface area contributed by atoms with Crippen molar-refractivity contribution in [3.8, 4) is 0 Å². The molecule has 1 unspecified atom stereocenters. The molecular weight excluding hydrogens is 266 g/mol. The van der Waals surface area contributed by atoms with E-state index in [4.69, 9.17) is 15.6 Å². The average Bonchev–Trinajstić information content (AvgIpc) is 2.37. The van der Waals surface area contributed by atoms with Crippen LogP contribution in [-0.4, -0.2) is 33.3 Å². The number of aromatic nitrogens is 2. The highest BCUT2D eigenvalue weighted by Gasteiger charge is 2.18. The summed E-state index contributed by atoms with van der Waals surface area (Å²) in [5.41, 5.74) is 4.64. The molecule has 1 heterocycles. The number of nitrogens with zero attached hydrogens (tertiary/aromatic N) is 2. The molecule has 0 saturated carbocycles. The Morgan fingerprint density at radius 2 is 2.20 bits per heavy atom. The van der Waals surface area contributed by atoms with E-state index in [2.05, 4.69) is 4.98 Å². The molecular formula is C12H17N3O5. The number of nitrogens with two attached hydrogens (primary N) is 1. The first-order valence-electron chi connectivity index (χ1n) is 6.20. The van der Waals surface area contributed by atoms with E-state index < -0.39 is 23.7 Å². The van der Waals surface area contributed by atoms with Gasteiger partial charge in [0.25, 0.3) is 0 Å². The Morgan fingerprint density at radius 1 is 1.50 bits per heavy atom. The molecule has 110 valence electrons. The number of nitrogen functional groups attached to an aromatic ring is 1. The predicted octanol–water partition coefficient (Wildman–Crippen LogP) is 0.701. The van der Waals surface area contributed by atoms with Crippen molar-refractivity contribution in [1.82, 2.24) is 9.55 Å². The lowest BCUT2D eigenvalue weighted by Crippen LogP contribution is -2.32. The monoisotopic (exact) mass is 283 g/mol. The van der Waals surface area contributed by atoms with Crippen molar-refractivity contribution in [2.24, 2.45) is 5.92 Å². The van der Waals surface area contributed by atoms with E-state index >= 15 is 0 Å². The molecule has 0 aliphatic rings. The van der Waals surface area contributed by atoms with Crippen LogP contribution < -0.4 is 11.4 Å². The fourth-order valence-corrected chi connectivity index (χ4v) is 1.70. The zero-order valence-corrected chi connectivity index (χ0v) is 11.1. The largest absolute Gasteiger partial charge is 0.481 e. The maximum atomic E-state index is 11.7. The molecule has 1 rings (SSSR count). The fourth-order valence-electron chi connectivity index (χ4n) is 1.70. The van der Waals surface area contributed by atoms with Gasteiger partial charge < -0.3 is 15.6 Å². The van der Waals surface area contributed by atoms with E-state index in [0.29, 0.717) is 11.0 Å². The zero-order chi connectivity index (χ0) is 15.1. The van der Waals surface area contributed by atoms with Crippen molar-refractivity contribution in [2.45, 2.75) is 26.2 Å². The number of rotatable bonds is 6. The van der Waals surface area contributed by atoms with Crippen molar-refractivity contribution in [3.05, 3.63) is 22.7 Å². The number of anilines is 1. The summed E-state index contributed by atoms with van der Waals surface area (Å²) in [5, 5.41) is 8.95. The van der Waals surface area contributed by atoms with Crippen LogP contribution in [0.4, 0.5) is 10.6 Å². The molecule has 0 amide bonds. The molecule has 0 aliphatic heterocycles. The first-order chi connectivity index (χ1) is 9.47. The minimum absolute atomic E-state index is 0.0849. The molecule has 1 atom stereocenters. The second-order valence-corrected chi connectivity index (χ2v) is 4.21. The van der Waals surface area contributed by atoms with Gasteiger partial charge in [0.15, 0.2) is 0 Å². The molecule has 8 heteroatoms. The third-order valence-electron chi connectivity index (χ3n) is 2.74. The third kappa shape index (κ3) is 4.08. The van der Waals surface area contributed by atoms with Gasteiger partial charge in [-0.1, -0.05) is 13.3 Å². The molecule has 20 heavy (non-hydrogen) atoms. The molecule has 0 aliphatic carbocycles. The summed E-state index contributed by atoms with van der Waals surface area (Å²) in [4.78, 5) is 37.3. The second-order valence-electron chi connectivity index (χ2n) is 4.21. The van der Waals surface area contributed by atoms with Crippen LogP contribution in [0.3, 0.4) is 0 Å². The lowest BCUT2D eigenvalue weighted by Gasteiger charge is -2.12. The molecule has 0 bridgehead atoms. The number of hydrogen-bond donors (Lipinski definition) is 2. The Labute approximate surface area is 115 Å². The maximum absolute atomic E-state index is 11.7. The molecule has 0 fully saturated rings. The van der Waals surface area contributed by atoms with Gasteiger partial charge >= 0.3 is 17.8 Å². The summed E-state index contributed by atoms with van der Waals surface area (Å²) in [6, 6.07) is 1.29. The van der Waals surface area contributed by atoms with E-state index in [-0.39, 0.29) is 18.8 Å². The topological polar surface area (TPSA) is 125 Å². The number of carboxylic acids is 1. The van der Waals surface area contributed by atoms with Crippen molar-refractivity contribution < 1.29 is 19.4 Å². The van der Waals surface area contributed by atoms with E-state index in [1.54, 1.807) is 0 Å². The van der Waals surface area contributed by atoms with Gasteiger partial charge in [0.2, 0.25) is 0 Å². The van der Waals surface area contributed by atoms with E-state index in [1.165, 1.54) is 12.3 Å². The molecule has 3 N–H and O–H groups in total. The van der Waals surface area contributed by atoms with Gasteiger partial charge in [-0.15, -0.1) is 0 Å². The standard InChI is InChI=1S/C12H17N3O5/c1-2-3-8(10(16)17)5-7-20-12(19)15-9(13)4-6-14-11(15)18/h4,6,8H,2-3,5,7,13H2,1H3,(H,16,17). The molecule has 0 radical (unpaired) electrons.